The van der Waals surface area contributed by atoms with E-state index < -0.39 is 11.9 Å². The predicted octanol–water partition coefficient (Wildman–Crippen LogP) is -0.215. The summed E-state index contributed by atoms with van der Waals surface area (Å²) in [5, 5.41) is 2.28. The van der Waals surface area contributed by atoms with Gasteiger partial charge in [-0.2, -0.15) is 0 Å². The van der Waals surface area contributed by atoms with Gasteiger partial charge in [-0.15, -0.1) is 0 Å². The SMILES string of the molecule is NCCOc1ccc2c(c1)CN(C1CCC(=O)NC1=O)C2=O. The van der Waals surface area contributed by atoms with E-state index in [-0.39, 0.29) is 18.2 Å². The molecule has 1 aromatic rings. The van der Waals surface area contributed by atoms with Gasteiger partial charge in [-0.25, -0.2) is 0 Å². The van der Waals surface area contributed by atoms with Crippen molar-refractivity contribution in [1.29, 1.82) is 0 Å². The van der Waals surface area contributed by atoms with Crippen LogP contribution in [-0.4, -0.2) is 41.8 Å². The Labute approximate surface area is 127 Å². The van der Waals surface area contributed by atoms with Crippen LogP contribution >= 0.6 is 0 Å². The van der Waals surface area contributed by atoms with Gasteiger partial charge >= 0.3 is 0 Å². The minimum absolute atomic E-state index is 0.185. The zero-order valence-corrected chi connectivity index (χ0v) is 12.0. The lowest BCUT2D eigenvalue weighted by Crippen LogP contribution is -2.52. The van der Waals surface area contributed by atoms with E-state index in [4.69, 9.17) is 10.5 Å². The molecule has 1 aromatic carbocycles. The van der Waals surface area contributed by atoms with Gasteiger partial charge in [0.15, 0.2) is 0 Å². The number of fused-ring (bicyclic) bond motifs is 1. The van der Waals surface area contributed by atoms with Crippen molar-refractivity contribution in [3.63, 3.8) is 0 Å². The molecular formula is C15H17N3O4. The maximum absolute atomic E-state index is 12.4. The number of carbonyl (C=O) groups excluding carboxylic acids is 3. The highest BCUT2D eigenvalue weighted by Gasteiger charge is 2.39. The number of amides is 3. The van der Waals surface area contributed by atoms with Gasteiger partial charge in [0.2, 0.25) is 11.8 Å². The molecule has 0 aliphatic carbocycles. The lowest BCUT2D eigenvalue weighted by molar-refractivity contribution is -0.136. The number of benzene rings is 1. The quantitative estimate of drug-likeness (QED) is 0.749. The largest absolute Gasteiger partial charge is 0.492 e. The van der Waals surface area contributed by atoms with Gasteiger partial charge in [0.1, 0.15) is 18.4 Å². The number of hydrogen-bond donors (Lipinski definition) is 2. The van der Waals surface area contributed by atoms with Crippen LogP contribution in [-0.2, 0) is 16.1 Å². The Balaban J connectivity index is 1.78. The zero-order chi connectivity index (χ0) is 15.7. The molecule has 0 aromatic heterocycles. The summed E-state index contributed by atoms with van der Waals surface area (Å²) in [7, 11) is 0. The molecule has 1 atom stereocenters. The molecule has 2 aliphatic heterocycles. The van der Waals surface area contributed by atoms with E-state index in [2.05, 4.69) is 5.32 Å². The molecule has 3 N–H and O–H groups in total. The van der Waals surface area contributed by atoms with Crippen LogP contribution in [0.25, 0.3) is 0 Å². The third-order valence-corrected chi connectivity index (χ3v) is 3.88. The Kier molecular flexibility index (Phi) is 3.81. The Bertz CT molecular complexity index is 644. The lowest BCUT2D eigenvalue weighted by atomic mass is 10.0. The average molecular weight is 303 g/mol. The van der Waals surface area contributed by atoms with Crippen molar-refractivity contribution in [2.45, 2.75) is 25.4 Å². The van der Waals surface area contributed by atoms with Crippen LogP contribution in [0.15, 0.2) is 18.2 Å². The van der Waals surface area contributed by atoms with E-state index in [1.54, 1.807) is 18.2 Å². The Morgan fingerprint density at radius 1 is 1.32 bits per heavy atom. The molecule has 1 fully saturated rings. The Morgan fingerprint density at radius 3 is 2.86 bits per heavy atom. The molecule has 7 nitrogen and oxygen atoms in total. The van der Waals surface area contributed by atoms with E-state index in [1.165, 1.54) is 4.90 Å². The summed E-state index contributed by atoms with van der Waals surface area (Å²) in [5.41, 5.74) is 6.80. The van der Waals surface area contributed by atoms with E-state index >= 15 is 0 Å². The molecule has 1 saturated heterocycles. The highest BCUT2D eigenvalue weighted by Crippen LogP contribution is 2.30. The molecule has 3 amide bonds. The molecular weight excluding hydrogens is 286 g/mol. The van der Waals surface area contributed by atoms with Gasteiger partial charge in [-0.3, -0.25) is 19.7 Å². The maximum Gasteiger partial charge on any atom is 0.255 e. The first-order valence-corrected chi connectivity index (χ1v) is 7.20. The van der Waals surface area contributed by atoms with Crippen molar-refractivity contribution in [3.05, 3.63) is 29.3 Å². The van der Waals surface area contributed by atoms with E-state index in [0.29, 0.717) is 37.4 Å². The topological polar surface area (TPSA) is 102 Å². The number of ether oxygens (including phenoxy) is 1. The van der Waals surface area contributed by atoms with Gasteiger partial charge in [-0.05, 0) is 30.2 Å². The first-order valence-electron chi connectivity index (χ1n) is 7.20. The molecule has 7 heteroatoms. The predicted molar refractivity (Wildman–Crippen MR) is 77.0 cm³/mol. The number of nitrogens with two attached hydrogens (primary N) is 1. The van der Waals surface area contributed by atoms with Gasteiger partial charge in [0.05, 0.1) is 0 Å². The molecule has 3 rings (SSSR count). The summed E-state index contributed by atoms with van der Waals surface area (Å²) >= 11 is 0. The fourth-order valence-electron chi connectivity index (χ4n) is 2.82. The zero-order valence-electron chi connectivity index (χ0n) is 12.0. The second kappa shape index (κ2) is 5.76. The molecule has 0 saturated carbocycles. The Morgan fingerprint density at radius 2 is 2.14 bits per heavy atom. The highest BCUT2D eigenvalue weighted by molar-refractivity contribution is 6.05. The number of rotatable bonds is 4. The monoisotopic (exact) mass is 303 g/mol. The molecule has 116 valence electrons. The van der Waals surface area contributed by atoms with Crippen molar-refractivity contribution in [2.75, 3.05) is 13.2 Å². The normalized spacial score (nSPS) is 20.9. The van der Waals surface area contributed by atoms with E-state index in [0.717, 1.165) is 5.56 Å². The minimum Gasteiger partial charge on any atom is -0.492 e. The number of nitrogens with zero attached hydrogens (tertiary/aromatic N) is 1. The molecule has 1 unspecified atom stereocenters. The van der Waals surface area contributed by atoms with Crippen LogP contribution in [0.5, 0.6) is 5.75 Å². The summed E-state index contributed by atoms with van der Waals surface area (Å²) in [6, 6.07) is 4.64. The first kappa shape index (κ1) is 14.5. The highest BCUT2D eigenvalue weighted by atomic mass is 16.5. The summed E-state index contributed by atoms with van der Waals surface area (Å²) in [4.78, 5) is 37.1. The van der Waals surface area contributed by atoms with Crippen LogP contribution in [0.3, 0.4) is 0 Å². The fourth-order valence-corrected chi connectivity index (χ4v) is 2.82. The number of carbonyl (C=O) groups is 3. The summed E-state index contributed by atoms with van der Waals surface area (Å²) in [6.45, 7) is 1.17. The average Bonchev–Trinajstić information content (AvgIpc) is 2.82. The molecule has 0 bridgehead atoms. The maximum atomic E-state index is 12.4. The van der Waals surface area contributed by atoms with E-state index in [9.17, 15) is 14.4 Å². The van der Waals surface area contributed by atoms with E-state index in [1.807, 2.05) is 0 Å². The van der Waals surface area contributed by atoms with Crippen molar-refractivity contribution >= 4 is 17.7 Å². The van der Waals surface area contributed by atoms with Gasteiger partial charge < -0.3 is 15.4 Å². The minimum atomic E-state index is -0.592. The van der Waals surface area contributed by atoms with Crippen molar-refractivity contribution in [1.82, 2.24) is 10.2 Å². The number of nitrogens with one attached hydrogen (secondary N) is 1. The fraction of sp³-hybridized carbons (Fsp3) is 0.400. The third-order valence-electron chi connectivity index (χ3n) is 3.88. The van der Waals surface area contributed by atoms with Crippen LogP contribution in [0.4, 0.5) is 0 Å². The van der Waals surface area contributed by atoms with Gasteiger partial charge in [0.25, 0.3) is 5.91 Å². The Hall–Kier alpha value is -2.41. The molecule has 2 aliphatic rings. The third kappa shape index (κ3) is 2.55. The van der Waals surface area contributed by atoms with Crippen LogP contribution in [0.2, 0.25) is 0 Å². The van der Waals surface area contributed by atoms with Gasteiger partial charge in [-0.1, -0.05) is 0 Å². The molecule has 22 heavy (non-hydrogen) atoms. The molecule has 0 spiro atoms. The summed E-state index contributed by atoms with van der Waals surface area (Å²) in [6.07, 6.45) is 0.613. The van der Waals surface area contributed by atoms with Crippen LogP contribution < -0.4 is 15.8 Å². The molecule has 0 radical (unpaired) electrons. The van der Waals surface area contributed by atoms with Crippen LogP contribution in [0.1, 0.15) is 28.8 Å². The van der Waals surface area contributed by atoms with Gasteiger partial charge in [0, 0.05) is 25.1 Å². The summed E-state index contributed by atoms with van der Waals surface area (Å²) < 4.78 is 5.45. The molecule has 2 heterocycles. The lowest BCUT2D eigenvalue weighted by Gasteiger charge is -2.29. The first-order chi connectivity index (χ1) is 10.6. The number of hydrogen-bond acceptors (Lipinski definition) is 5. The number of imide groups is 1. The standard InChI is InChI=1S/C15H17N3O4/c16-5-6-22-10-1-2-11-9(7-10)8-18(15(11)21)12-3-4-13(19)17-14(12)20/h1-2,7,12H,3-6,8,16H2,(H,17,19,20). The smallest absolute Gasteiger partial charge is 0.255 e. The van der Waals surface area contributed by atoms with Crippen LogP contribution in [0, 0.1) is 0 Å². The van der Waals surface area contributed by atoms with Crippen molar-refractivity contribution in [3.8, 4) is 5.75 Å². The summed E-state index contributed by atoms with van der Waals surface area (Å²) in [5.74, 6) is -0.225. The second-order valence-electron chi connectivity index (χ2n) is 5.36. The number of piperidine rings is 1. The second-order valence-corrected chi connectivity index (χ2v) is 5.36. The van der Waals surface area contributed by atoms with Crippen molar-refractivity contribution in [2.24, 2.45) is 5.73 Å². The van der Waals surface area contributed by atoms with Crippen molar-refractivity contribution < 1.29 is 19.1 Å².